The lowest BCUT2D eigenvalue weighted by atomic mass is 10.2. The Labute approximate surface area is 136 Å². The number of carboxylic acids is 1. The highest BCUT2D eigenvalue weighted by Gasteiger charge is 2.18. The number of rotatable bonds is 4. The summed E-state index contributed by atoms with van der Waals surface area (Å²) in [5.41, 5.74) is 1.34. The third kappa shape index (κ3) is 3.02. The fourth-order valence-electron chi connectivity index (χ4n) is 2.12. The fraction of sp³-hybridized carbons (Fsp3) is 0.0625. The number of carboxylic acid groups (broad SMARTS) is 1. The standard InChI is InChI=1S/C16H12ClN3O3/c1-23-13-7-5-12(6-8-13)20-15(18-14(19-20)16(21)22)10-3-2-4-11(17)9-10/h2-9H,1H3,(H,21,22). The molecule has 0 unspecified atom stereocenters. The summed E-state index contributed by atoms with van der Waals surface area (Å²) in [7, 11) is 1.57. The maximum Gasteiger partial charge on any atom is 0.375 e. The molecular formula is C16H12ClN3O3. The van der Waals surface area contributed by atoms with E-state index in [-0.39, 0.29) is 5.82 Å². The predicted octanol–water partition coefficient (Wildman–Crippen LogP) is 3.29. The van der Waals surface area contributed by atoms with Gasteiger partial charge in [-0.1, -0.05) is 23.7 Å². The average Bonchev–Trinajstić information content (AvgIpc) is 3.00. The van der Waals surface area contributed by atoms with E-state index in [2.05, 4.69) is 10.1 Å². The normalized spacial score (nSPS) is 10.5. The lowest BCUT2D eigenvalue weighted by Crippen LogP contribution is -2.02. The molecule has 1 heterocycles. The zero-order chi connectivity index (χ0) is 16.4. The van der Waals surface area contributed by atoms with Crippen LogP contribution in [0.4, 0.5) is 0 Å². The highest BCUT2D eigenvalue weighted by atomic mass is 35.5. The van der Waals surface area contributed by atoms with Gasteiger partial charge in [-0.3, -0.25) is 0 Å². The van der Waals surface area contributed by atoms with E-state index < -0.39 is 5.97 Å². The van der Waals surface area contributed by atoms with Crippen molar-refractivity contribution in [2.75, 3.05) is 7.11 Å². The molecule has 7 heteroatoms. The van der Waals surface area contributed by atoms with Crippen LogP contribution >= 0.6 is 11.6 Å². The van der Waals surface area contributed by atoms with Crippen LogP contribution in [-0.4, -0.2) is 33.0 Å². The van der Waals surface area contributed by atoms with Crippen molar-refractivity contribution in [2.45, 2.75) is 0 Å². The summed E-state index contributed by atoms with van der Waals surface area (Å²) in [6, 6.07) is 14.1. The second-order valence-corrected chi connectivity index (χ2v) is 5.12. The Morgan fingerprint density at radius 2 is 1.96 bits per heavy atom. The van der Waals surface area contributed by atoms with E-state index in [4.69, 9.17) is 21.4 Å². The molecule has 0 fully saturated rings. The number of halogens is 1. The zero-order valence-electron chi connectivity index (χ0n) is 12.1. The molecule has 0 aliphatic heterocycles. The SMILES string of the molecule is COc1ccc(-n2nc(C(=O)O)nc2-c2cccc(Cl)c2)cc1. The van der Waals surface area contributed by atoms with Gasteiger partial charge in [0, 0.05) is 10.6 Å². The predicted molar refractivity (Wildman–Crippen MR) is 85.3 cm³/mol. The number of carbonyl (C=O) groups is 1. The minimum Gasteiger partial charge on any atom is -0.497 e. The Morgan fingerprint density at radius 3 is 2.57 bits per heavy atom. The van der Waals surface area contributed by atoms with E-state index in [1.807, 2.05) is 0 Å². The summed E-state index contributed by atoms with van der Waals surface area (Å²) in [4.78, 5) is 15.3. The van der Waals surface area contributed by atoms with Crippen LogP contribution < -0.4 is 4.74 Å². The molecule has 1 N–H and O–H groups in total. The summed E-state index contributed by atoms with van der Waals surface area (Å²) in [6.45, 7) is 0. The number of hydrogen-bond donors (Lipinski definition) is 1. The van der Waals surface area contributed by atoms with Gasteiger partial charge in [0.05, 0.1) is 12.8 Å². The first-order chi connectivity index (χ1) is 11.1. The zero-order valence-corrected chi connectivity index (χ0v) is 12.9. The quantitative estimate of drug-likeness (QED) is 0.794. The molecule has 1 aromatic heterocycles. The fourth-order valence-corrected chi connectivity index (χ4v) is 2.31. The van der Waals surface area contributed by atoms with E-state index in [0.717, 1.165) is 0 Å². The largest absolute Gasteiger partial charge is 0.497 e. The van der Waals surface area contributed by atoms with Crippen molar-refractivity contribution in [3.63, 3.8) is 0 Å². The summed E-state index contributed by atoms with van der Waals surface area (Å²) in [5.74, 6) is -0.386. The van der Waals surface area contributed by atoms with Crippen LogP contribution in [0.3, 0.4) is 0 Å². The van der Waals surface area contributed by atoms with Gasteiger partial charge in [-0.2, -0.15) is 0 Å². The summed E-state index contributed by atoms with van der Waals surface area (Å²) in [5, 5.41) is 13.8. The maximum absolute atomic E-state index is 11.2. The first-order valence-corrected chi connectivity index (χ1v) is 7.07. The van der Waals surface area contributed by atoms with Gasteiger partial charge < -0.3 is 9.84 Å². The van der Waals surface area contributed by atoms with Gasteiger partial charge in [-0.15, -0.1) is 5.10 Å². The molecule has 0 aliphatic carbocycles. The van der Waals surface area contributed by atoms with Crippen LogP contribution in [0.15, 0.2) is 48.5 Å². The number of aromatic carboxylic acids is 1. The minimum absolute atomic E-state index is 0.282. The first-order valence-electron chi connectivity index (χ1n) is 6.69. The van der Waals surface area contributed by atoms with E-state index in [1.165, 1.54) is 4.68 Å². The highest BCUT2D eigenvalue weighted by molar-refractivity contribution is 6.30. The van der Waals surface area contributed by atoms with Crippen LogP contribution in [0.1, 0.15) is 10.6 Å². The molecule has 116 valence electrons. The summed E-state index contributed by atoms with van der Waals surface area (Å²) < 4.78 is 6.59. The van der Waals surface area contributed by atoms with Crippen molar-refractivity contribution in [3.8, 4) is 22.8 Å². The van der Waals surface area contributed by atoms with Crippen molar-refractivity contribution in [3.05, 3.63) is 59.4 Å². The van der Waals surface area contributed by atoms with Gasteiger partial charge in [-0.05, 0) is 36.4 Å². The van der Waals surface area contributed by atoms with E-state index in [0.29, 0.717) is 27.8 Å². The molecule has 2 aromatic carbocycles. The Kier molecular flexibility index (Phi) is 3.99. The third-order valence-corrected chi connectivity index (χ3v) is 3.43. The molecule has 0 bridgehead atoms. The van der Waals surface area contributed by atoms with E-state index >= 15 is 0 Å². The Bertz CT molecular complexity index is 859. The molecule has 6 nitrogen and oxygen atoms in total. The van der Waals surface area contributed by atoms with E-state index in [9.17, 15) is 4.79 Å². The van der Waals surface area contributed by atoms with Crippen LogP contribution in [0.5, 0.6) is 5.75 Å². The second-order valence-electron chi connectivity index (χ2n) is 4.68. The minimum atomic E-state index is -1.19. The summed E-state index contributed by atoms with van der Waals surface area (Å²) >= 11 is 6.01. The second kappa shape index (κ2) is 6.10. The lowest BCUT2D eigenvalue weighted by Gasteiger charge is -2.07. The molecule has 0 atom stereocenters. The number of methoxy groups -OCH3 is 1. The van der Waals surface area contributed by atoms with Crippen molar-refractivity contribution >= 4 is 17.6 Å². The number of hydrogen-bond acceptors (Lipinski definition) is 4. The Hall–Kier alpha value is -2.86. The van der Waals surface area contributed by atoms with Crippen molar-refractivity contribution in [2.24, 2.45) is 0 Å². The molecule has 3 rings (SSSR count). The van der Waals surface area contributed by atoms with Gasteiger partial charge in [0.1, 0.15) is 5.75 Å². The maximum atomic E-state index is 11.2. The average molecular weight is 330 g/mol. The van der Waals surface area contributed by atoms with Crippen LogP contribution in [-0.2, 0) is 0 Å². The first kappa shape index (κ1) is 15.1. The smallest absolute Gasteiger partial charge is 0.375 e. The molecule has 0 saturated carbocycles. The molecular weight excluding hydrogens is 318 g/mol. The van der Waals surface area contributed by atoms with Gasteiger partial charge in [-0.25, -0.2) is 14.5 Å². The van der Waals surface area contributed by atoms with Crippen molar-refractivity contribution in [1.82, 2.24) is 14.8 Å². The molecule has 0 spiro atoms. The van der Waals surface area contributed by atoms with Crippen LogP contribution in [0.25, 0.3) is 17.1 Å². The highest BCUT2D eigenvalue weighted by Crippen LogP contribution is 2.25. The number of nitrogens with zero attached hydrogens (tertiary/aromatic N) is 3. The van der Waals surface area contributed by atoms with Crippen LogP contribution in [0, 0.1) is 0 Å². The van der Waals surface area contributed by atoms with Crippen molar-refractivity contribution in [1.29, 1.82) is 0 Å². The molecule has 0 saturated heterocycles. The molecule has 3 aromatic rings. The monoisotopic (exact) mass is 329 g/mol. The number of benzene rings is 2. The molecule has 0 radical (unpaired) electrons. The van der Waals surface area contributed by atoms with Crippen LogP contribution in [0.2, 0.25) is 5.02 Å². The number of aromatic nitrogens is 3. The third-order valence-electron chi connectivity index (χ3n) is 3.20. The van der Waals surface area contributed by atoms with Gasteiger partial charge in [0.25, 0.3) is 5.82 Å². The molecule has 0 amide bonds. The van der Waals surface area contributed by atoms with Crippen molar-refractivity contribution < 1.29 is 14.6 Å². The van der Waals surface area contributed by atoms with Gasteiger partial charge >= 0.3 is 5.97 Å². The van der Waals surface area contributed by atoms with Gasteiger partial charge in [0.15, 0.2) is 5.82 Å². The summed E-state index contributed by atoms with van der Waals surface area (Å²) in [6.07, 6.45) is 0. The Balaban J connectivity index is 2.16. The number of ether oxygens (including phenoxy) is 1. The lowest BCUT2D eigenvalue weighted by molar-refractivity contribution is 0.0683. The van der Waals surface area contributed by atoms with Gasteiger partial charge in [0.2, 0.25) is 0 Å². The molecule has 23 heavy (non-hydrogen) atoms. The molecule has 0 aliphatic rings. The topological polar surface area (TPSA) is 77.2 Å². The Morgan fingerprint density at radius 1 is 1.22 bits per heavy atom. The van der Waals surface area contributed by atoms with E-state index in [1.54, 1.807) is 55.6 Å².